The molecule has 7 nitrogen and oxygen atoms in total. The van der Waals surface area contributed by atoms with Gasteiger partial charge in [0, 0.05) is 29.1 Å². The molecule has 8 heteroatoms. The molecule has 0 aliphatic heterocycles. The van der Waals surface area contributed by atoms with Crippen LogP contribution in [0, 0.1) is 12.7 Å². The molecule has 128 valence electrons. The zero-order valence-corrected chi connectivity index (χ0v) is 13.5. The summed E-state index contributed by atoms with van der Waals surface area (Å²) in [4.78, 5) is 34.9. The average molecular weight is 341 g/mol. The minimum absolute atomic E-state index is 0.104. The van der Waals surface area contributed by atoms with E-state index in [1.54, 1.807) is 6.92 Å². The van der Waals surface area contributed by atoms with Crippen LogP contribution in [0.3, 0.4) is 0 Å². The first-order valence-electron chi connectivity index (χ1n) is 8.00. The Bertz CT molecular complexity index is 1100. The molecule has 3 aromatic rings. The van der Waals surface area contributed by atoms with Crippen LogP contribution < -0.4 is 17.0 Å². The molecule has 3 N–H and O–H groups in total. The van der Waals surface area contributed by atoms with Crippen LogP contribution >= 0.6 is 0 Å². The molecule has 0 aromatic carbocycles. The van der Waals surface area contributed by atoms with E-state index in [2.05, 4.69) is 15.0 Å². The van der Waals surface area contributed by atoms with Crippen LogP contribution in [0.1, 0.15) is 35.7 Å². The van der Waals surface area contributed by atoms with E-state index >= 15 is 0 Å². The lowest BCUT2D eigenvalue weighted by atomic mass is 9.99. The second-order valence-corrected chi connectivity index (χ2v) is 6.23. The topological polar surface area (TPSA) is 106 Å². The molecule has 0 radical (unpaired) electrons. The number of rotatable bonds is 3. The number of nitrogens with one attached hydrogen (secondary N) is 1. The Hall–Kier alpha value is -2.87. The van der Waals surface area contributed by atoms with E-state index in [0.717, 1.165) is 19.0 Å². The largest absolute Gasteiger partial charge is 0.333 e. The maximum Gasteiger partial charge on any atom is 0.333 e. The number of aromatic amines is 1. The van der Waals surface area contributed by atoms with E-state index in [9.17, 15) is 14.0 Å². The Kier molecular flexibility index (Phi) is 3.50. The van der Waals surface area contributed by atoms with Gasteiger partial charge in [-0.15, -0.1) is 0 Å². The summed E-state index contributed by atoms with van der Waals surface area (Å²) >= 11 is 0. The third-order valence-electron chi connectivity index (χ3n) is 4.55. The minimum Gasteiger partial charge on any atom is -0.324 e. The van der Waals surface area contributed by atoms with Gasteiger partial charge in [-0.25, -0.2) is 19.2 Å². The maximum atomic E-state index is 14.7. The van der Waals surface area contributed by atoms with Crippen molar-refractivity contribution in [2.24, 2.45) is 5.73 Å². The number of nitrogens with two attached hydrogens (primary N) is 1. The first kappa shape index (κ1) is 15.6. The summed E-state index contributed by atoms with van der Waals surface area (Å²) in [6.45, 7) is 1.89. The lowest BCUT2D eigenvalue weighted by molar-refractivity contribution is 0.618. The molecule has 0 saturated heterocycles. The van der Waals surface area contributed by atoms with Crippen molar-refractivity contribution in [3.63, 3.8) is 0 Å². The van der Waals surface area contributed by atoms with Gasteiger partial charge in [0.15, 0.2) is 0 Å². The van der Waals surface area contributed by atoms with Crippen molar-refractivity contribution in [2.45, 2.75) is 32.2 Å². The Morgan fingerprint density at radius 1 is 1.32 bits per heavy atom. The number of hydrogen-bond donors (Lipinski definition) is 2. The van der Waals surface area contributed by atoms with Crippen molar-refractivity contribution >= 4 is 5.52 Å². The molecule has 1 fully saturated rings. The Labute approximate surface area is 141 Å². The summed E-state index contributed by atoms with van der Waals surface area (Å²) in [5.74, 6) is -0.0221. The van der Waals surface area contributed by atoms with Crippen molar-refractivity contribution < 1.29 is 4.39 Å². The first-order valence-corrected chi connectivity index (χ1v) is 8.00. The lowest BCUT2D eigenvalue weighted by Crippen LogP contribution is -2.30. The summed E-state index contributed by atoms with van der Waals surface area (Å²) < 4.78 is 15.9. The molecule has 25 heavy (non-hydrogen) atoms. The van der Waals surface area contributed by atoms with Crippen molar-refractivity contribution in [1.82, 2.24) is 19.4 Å². The second kappa shape index (κ2) is 5.59. The summed E-state index contributed by atoms with van der Waals surface area (Å²) in [7, 11) is 0. The monoisotopic (exact) mass is 341 g/mol. The number of aryl methyl sites for hydroxylation is 1. The fourth-order valence-corrected chi connectivity index (χ4v) is 3.24. The van der Waals surface area contributed by atoms with E-state index in [4.69, 9.17) is 5.73 Å². The molecular weight excluding hydrogens is 325 g/mol. The standard InChI is InChI=1S/C17H16FN5O2/c1-8-13(10-5-20-12(4-19)21-6-10)11(18)7-23-15(8)14(9-2-3-9)16(24)22-17(23)25/h5-7,9H,2-4,19H2,1H3,(H,22,24,25). The smallest absolute Gasteiger partial charge is 0.324 e. The summed E-state index contributed by atoms with van der Waals surface area (Å²) in [5, 5.41) is 0. The number of pyridine rings is 1. The number of halogens is 1. The van der Waals surface area contributed by atoms with Gasteiger partial charge in [-0.3, -0.25) is 14.2 Å². The second-order valence-electron chi connectivity index (χ2n) is 6.23. The fraction of sp³-hybridized carbons (Fsp3) is 0.294. The third-order valence-corrected chi connectivity index (χ3v) is 4.55. The van der Waals surface area contributed by atoms with Crippen LogP contribution in [0.4, 0.5) is 4.39 Å². The van der Waals surface area contributed by atoms with E-state index in [-0.39, 0.29) is 18.0 Å². The van der Waals surface area contributed by atoms with Crippen LogP contribution in [-0.4, -0.2) is 19.4 Å². The highest BCUT2D eigenvalue weighted by molar-refractivity contribution is 5.76. The van der Waals surface area contributed by atoms with Gasteiger partial charge in [0.25, 0.3) is 5.56 Å². The first-order chi connectivity index (χ1) is 12.0. The number of aromatic nitrogens is 4. The average Bonchev–Trinajstić information content (AvgIpc) is 3.41. The van der Waals surface area contributed by atoms with Crippen LogP contribution in [0.25, 0.3) is 16.6 Å². The highest BCUT2D eigenvalue weighted by Gasteiger charge is 2.30. The molecule has 3 aromatic heterocycles. The van der Waals surface area contributed by atoms with Crippen molar-refractivity contribution in [1.29, 1.82) is 0 Å². The van der Waals surface area contributed by atoms with Crippen molar-refractivity contribution in [3.05, 3.63) is 62.2 Å². The van der Waals surface area contributed by atoms with E-state index < -0.39 is 17.1 Å². The highest BCUT2D eigenvalue weighted by atomic mass is 19.1. The molecule has 1 saturated carbocycles. The summed E-state index contributed by atoms with van der Waals surface area (Å²) in [6.07, 6.45) is 5.88. The number of hydrogen-bond acceptors (Lipinski definition) is 5. The lowest BCUT2D eigenvalue weighted by Gasteiger charge is -2.14. The third kappa shape index (κ3) is 2.45. The van der Waals surface area contributed by atoms with Gasteiger partial charge in [-0.1, -0.05) is 0 Å². The molecule has 0 amide bonds. The van der Waals surface area contributed by atoms with Crippen LogP contribution in [0.2, 0.25) is 0 Å². The van der Waals surface area contributed by atoms with E-state index in [1.165, 1.54) is 16.8 Å². The van der Waals surface area contributed by atoms with Gasteiger partial charge in [0.05, 0.1) is 18.3 Å². The van der Waals surface area contributed by atoms with Crippen LogP contribution in [-0.2, 0) is 6.54 Å². The molecule has 0 atom stereocenters. The number of fused-ring (bicyclic) bond motifs is 1. The molecular formula is C17H16FN5O2. The van der Waals surface area contributed by atoms with Gasteiger partial charge >= 0.3 is 5.69 Å². The maximum absolute atomic E-state index is 14.7. The van der Waals surface area contributed by atoms with Crippen LogP contribution in [0.15, 0.2) is 28.2 Å². The predicted molar refractivity (Wildman–Crippen MR) is 89.9 cm³/mol. The highest BCUT2D eigenvalue weighted by Crippen LogP contribution is 2.41. The summed E-state index contributed by atoms with van der Waals surface area (Å²) in [5.41, 5.74) is 6.74. The molecule has 1 aliphatic carbocycles. The van der Waals surface area contributed by atoms with Crippen molar-refractivity contribution in [3.8, 4) is 11.1 Å². The molecule has 1 aliphatic rings. The molecule has 4 rings (SSSR count). The van der Waals surface area contributed by atoms with Gasteiger partial charge in [0.2, 0.25) is 0 Å². The fourth-order valence-electron chi connectivity index (χ4n) is 3.24. The van der Waals surface area contributed by atoms with E-state index in [0.29, 0.717) is 28.0 Å². The Morgan fingerprint density at radius 3 is 2.60 bits per heavy atom. The van der Waals surface area contributed by atoms with Gasteiger partial charge in [0.1, 0.15) is 11.6 Å². The molecule has 0 spiro atoms. The number of nitrogens with zero attached hydrogens (tertiary/aromatic N) is 3. The van der Waals surface area contributed by atoms with E-state index in [1.807, 2.05) is 0 Å². The molecule has 0 bridgehead atoms. The van der Waals surface area contributed by atoms with Gasteiger partial charge < -0.3 is 5.73 Å². The molecule has 3 heterocycles. The zero-order chi connectivity index (χ0) is 17.7. The minimum atomic E-state index is -0.646. The Morgan fingerprint density at radius 2 is 2.00 bits per heavy atom. The van der Waals surface area contributed by atoms with Crippen LogP contribution in [0.5, 0.6) is 0 Å². The SMILES string of the molecule is Cc1c(-c2cnc(CN)nc2)c(F)cn2c(=O)[nH]c(=O)c(C3CC3)c12. The normalized spacial score (nSPS) is 14.2. The zero-order valence-electron chi connectivity index (χ0n) is 13.5. The molecule has 0 unspecified atom stereocenters. The number of H-pyrrole nitrogens is 1. The summed E-state index contributed by atoms with van der Waals surface area (Å²) in [6, 6.07) is 0. The van der Waals surface area contributed by atoms with Gasteiger partial charge in [-0.2, -0.15) is 0 Å². The van der Waals surface area contributed by atoms with Crippen molar-refractivity contribution in [2.75, 3.05) is 0 Å². The quantitative estimate of drug-likeness (QED) is 0.745. The Balaban J connectivity index is 2.07. The predicted octanol–water partition coefficient (Wildman–Crippen LogP) is 1.23. The van der Waals surface area contributed by atoms with Gasteiger partial charge in [-0.05, 0) is 31.2 Å².